The Labute approximate surface area is 216 Å². The van der Waals surface area contributed by atoms with Crippen LogP contribution in [-0.4, -0.2) is 39.0 Å². The summed E-state index contributed by atoms with van der Waals surface area (Å²) in [7, 11) is -4.47. The van der Waals surface area contributed by atoms with Gasteiger partial charge in [-0.05, 0) is 92.7 Å². The topological polar surface area (TPSA) is 102 Å². The Bertz CT molecular complexity index is 1100. The maximum absolute atomic E-state index is 13.0. The molecule has 5 rings (SSSR count). The normalized spacial score (nSPS) is 28.7. The molecule has 0 radical (unpaired) electrons. The van der Waals surface area contributed by atoms with Gasteiger partial charge in [0.2, 0.25) is 10.0 Å². The van der Waals surface area contributed by atoms with Gasteiger partial charge in [0.15, 0.2) is 6.61 Å². The molecule has 4 fully saturated rings. The van der Waals surface area contributed by atoms with Crippen molar-refractivity contribution in [1.82, 2.24) is 10.0 Å². The minimum atomic E-state index is -4.72. The zero-order chi connectivity index (χ0) is 27.2. The van der Waals surface area contributed by atoms with Crippen LogP contribution in [0.1, 0.15) is 64.9 Å². The number of halogens is 3. The Morgan fingerprint density at radius 1 is 1.05 bits per heavy atom. The molecule has 0 saturated heterocycles. The van der Waals surface area contributed by atoms with Crippen LogP contribution >= 0.6 is 0 Å². The Morgan fingerprint density at radius 3 is 2.14 bits per heavy atom. The highest BCUT2D eigenvalue weighted by Gasteiger charge is 2.53. The molecule has 1 aromatic rings. The first-order valence-corrected chi connectivity index (χ1v) is 14.3. The van der Waals surface area contributed by atoms with E-state index >= 15 is 0 Å². The van der Waals surface area contributed by atoms with E-state index in [4.69, 9.17) is 4.74 Å². The van der Waals surface area contributed by atoms with Gasteiger partial charge >= 0.3 is 12.1 Å². The third kappa shape index (κ3) is 6.13. The van der Waals surface area contributed by atoms with Crippen molar-refractivity contribution in [2.24, 2.45) is 29.1 Å². The maximum atomic E-state index is 13.0. The molecule has 11 heteroatoms. The quantitative estimate of drug-likeness (QED) is 0.452. The predicted molar refractivity (Wildman–Crippen MR) is 130 cm³/mol. The third-order valence-electron chi connectivity index (χ3n) is 8.40. The van der Waals surface area contributed by atoms with Gasteiger partial charge in [-0.25, -0.2) is 8.42 Å². The van der Waals surface area contributed by atoms with Crippen molar-refractivity contribution in [3.8, 4) is 0 Å². The van der Waals surface area contributed by atoms with Gasteiger partial charge in [-0.3, -0.25) is 9.59 Å². The average molecular weight is 545 g/mol. The summed E-state index contributed by atoms with van der Waals surface area (Å²) in [4.78, 5) is 24.7. The zero-order valence-electron chi connectivity index (χ0n) is 21.3. The lowest BCUT2D eigenvalue weighted by atomic mass is 9.48. The number of nitrogens with one attached hydrogen (secondary N) is 2. The van der Waals surface area contributed by atoms with Gasteiger partial charge in [0.1, 0.15) is 6.04 Å². The summed E-state index contributed by atoms with van der Waals surface area (Å²) in [6.07, 6.45) is 2.44. The summed E-state index contributed by atoms with van der Waals surface area (Å²) in [5.74, 6) is 0.158. The molecule has 1 aromatic carbocycles. The van der Waals surface area contributed by atoms with E-state index in [1.165, 1.54) is 19.3 Å². The Kier molecular flexibility index (Phi) is 7.69. The minimum absolute atomic E-state index is 0.0626. The van der Waals surface area contributed by atoms with Gasteiger partial charge in [0.05, 0.1) is 10.5 Å². The van der Waals surface area contributed by atoms with Crippen LogP contribution in [0.25, 0.3) is 0 Å². The van der Waals surface area contributed by atoms with Crippen LogP contribution in [0.3, 0.4) is 0 Å². The molecule has 37 heavy (non-hydrogen) atoms. The first-order valence-electron chi connectivity index (χ1n) is 12.8. The molecule has 0 aliphatic heterocycles. The van der Waals surface area contributed by atoms with E-state index in [1.54, 1.807) is 13.8 Å². The van der Waals surface area contributed by atoms with E-state index in [9.17, 15) is 31.2 Å². The smallest absolute Gasteiger partial charge is 0.416 e. The van der Waals surface area contributed by atoms with Crippen LogP contribution in [0.15, 0.2) is 29.2 Å². The molecule has 0 unspecified atom stereocenters. The molecule has 0 aromatic heterocycles. The SMILES string of the molecule is CC(C)[C@H](NS(=O)(=O)c1cccc(C(F)(F)F)c1)C(=O)OCC(=O)N[C@@H](C)C12CC3CC(CC(C3)C1)C2. The fourth-order valence-electron chi connectivity index (χ4n) is 6.90. The maximum Gasteiger partial charge on any atom is 0.416 e. The number of hydrogen-bond acceptors (Lipinski definition) is 5. The Balaban J connectivity index is 1.35. The van der Waals surface area contributed by atoms with Crippen LogP contribution < -0.4 is 10.0 Å². The first kappa shape index (κ1) is 27.9. The van der Waals surface area contributed by atoms with Crippen molar-refractivity contribution in [2.45, 2.75) is 82.5 Å². The van der Waals surface area contributed by atoms with Crippen molar-refractivity contribution in [1.29, 1.82) is 0 Å². The van der Waals surface area contributed by atoms with E-state index in [2.05, 4.69) is 10.0 Å². The first-order chi connectivity index (χ1) is 17.2. The minimum Gasteiger partial charge on any atom is -0.454 e. The second-order valence-corrected chi connectivity index (χ2v) is 13.3. The molecule has 7 nitrogen and oxygen atoms in total. The molecular weight excluding hydrogens is 509 g/mol. The Hall–Kier alpha value is -2.14. The number of ether oxygens (including phenoxy) is 1. The number of rotatable bonds is 9. The molecule has 206 valence electrons. The van der Waals surface area contributed by atoms with Crippen LogP contribution in [0.2, 0.25) is 0 Å². The summed E-state index contributed by atoms with van der Waals surface area (Å²) >= 11 is 0. The van der Waals surface area contributed by atoms with Crippen molar-refractivity contribution >= 4 is 21.9 Å². The largest absolute Gasteiger partial charge is 0.454 e. The fraction of sp³-hybridized carbons (Fsp3) is 0.692. The third-order valence-corrected chi connectivity index (χ3v) is 9.84. The number of carbonyl (C=O) groups excluding carboxylic acids is 2. The number of alkyl halides is 3. The van der Waals surface area contributed by atoms with E-state index < -0.39 is 57.1 Å². The molecule has 2 atom stereocenters. The average Bonchev–Trinajstić information content (AvgIpc) is 2.79. The summed E-state index contributed by atoms with van der Waals surface area (Å²) in [6, 6.07) is 1.82. The van der Waals surface area contributed by atoms with Crippen LogP contribution in [-0.2, 0) is 30.5 Å². The number of amides is 1. The molecule has 1 amide bonds. The van der Waals surface area contributed by atoms with Crippen LogP contribution in [0.5, 0.6) is 0 Å². The van der Waals surface area contributed by atoms with Gasteiger partial charge in [0.25, 0.3) is 5.91 Å². The fourth-order valence-corrected chi connectivity index (χ4v) is 8.28. The number of carbonyl (C=O) groups is 2. The lowest BCUT2D eigenvalue weighted by molar-refractivity contribution is -0.152. The van der Waals surface area contributed by atoms with E-state index in [-0.39, 0.29) is 11.5 Å². The molecule has 4 saturated carbocycles. The molecule has 2 N–H and O–H groups in total. The van der Waals surface area contributed by atoms with Gasteiger partial charge < -0.3 is 10.1 Å². The summed E-state index contributed by atoms with van der Waals surface area (Å²) in [5, 5.41) is 2.99. The van der Waals surface area contributed by atoms with Crippen molar-refractivity contribution < 1.29 is 35.9 Å². The highest BCUT2D eigenvalue weighted by molar-refractivity contribution is 7.89. The lowest BCUT2D eigenvalue weighted by Crippen LogP contribution is -2.56. The number of esters is 1. The predicted octanol–water partition coefficient (Wildman–Crippen LogP) is 4.27. The number of sulfonamides is 1. The van der Waals surface area contributed by atoms with Crippen molar-refractivity contribution in [3.63, 3.8) is 0 Å². The molecule has 4 aliphatic rings. The lowest BCUT2D eigenvalue weighted by Gasteiger charge is -2.59. The van der Waals surface area contributed by atoms with Crippen molar-refractivity contribution in [3.05, 3.63) is 29.8 Å². The van der Waals surface area contributed by atoms with E-state index in [0.29, 0.717) is 6.07 Å². The summed E-state index contributed by atoms with van der Waals surface area (Å²) in [5.41, 5.74) is -1.04. The molecule has 4 bridgehead atoms. The monoisotopic (exact) mass is 544 g/mol. The van der Waals surface area contributed by atoms with Crippen molar-refractivity contribution in [2.75, 3.05) is 6.61 Å². The van der Waals surface area contributed by atoms with Crippen LogP contribution in [0, 0.1) is 29.1 Å². The highest BCUT2D eigenvalue weighted by atomic mass is 32.2. The molecule has 0 heterocycles. The van der Waals surface area contributed by atoms with E-state index in [1.807, 2.05) is 6.92 Å². The second-order valence-electron chi connectivity index (χ2n) is 11.5. The number of hydrogen-bond donors (Lipinski definition) is 2. The molecule has 0 spiro atoms. The summed E-state index contributed by atoms with van der Waals surface area (Å²) < 4.78 is 71.9. The Morgan fingerprint density at radius 2 is 1.62 bits per heavy atom. The molecular formula is C26H35F3N2O5S. The number of benzene rings is 1. The highest BCUT2D eigenvalue weighted by Crippen LogP contribution is 2.61. The van der Waals surface area contributed by atoms with Gasteiger partial charge in [-0.1, -0.05) is 19.9 Å². The second kappa shape index (κ2) is 10.2. The van der Waals surface area contributed by atoms with Gasteiger partial charge in [-0.2, -0.15) is 17.9 Å². The van der Waals surface area contributed by atoms with Gasteiger partial charge in [-0.15, -0.1) is 0 Å². The van der Waals surface area contributed by atoms with Crippen LogP contribution in [0.4, 0.5) is 13.2 Å². The summed E-state index contributed by atoms with van der Waals surface area (Å²) in [6.45, 7) is 4.57. The van der Waals surface area contributed by atoms with Gasteiger partial charge in [0, 0.05) is 6.04 Å². The standard InChI is InChI=1S/C26H35F3N2O5S/c1-15(2)23(31-37(34,35)21-6-4-5-20(10-21)26(27,28)29)24(33)36-14-22(32)30-16(3)25-11-17-7-18(12-25)9-19(8-17)13-25/h4-6,10,15-19,23,31H,7-9,11-14H2,1-3H3,(H,30,32)/t16-,17?,18?,19?,23-,25?/m0/s1. The molecule has 4 aliphatic carbocycles. The zero-order valence-corrected chi connectivity index (χ0v) is 22.1. The van der Waals surface area contributed by atoms with E-state index in [0.717, 1.165) is 55.2 Å².